The van der Waals surface area contributed by atoms with Crippen molar-refractivity contribution >= 4 is 33.2 Å². The summed E-state index contributed by atoms with van der Waals surface area (Å²) in [7, 11) is 1.52. The zero-order chi connectivity index (χ0) is 13.8. The Morgan fingerprint density at radius 1 is 1.47 bits per heavy atom. The molecule has 19 heavy (non-hydrogen) atoms. The molecule has 2 aromatic rings. The van der Waals surface area contributed by atoms with Gasteiger partial charge in [-0.1, -0.05) is 23.7 Å². The van der Waals surface area contributed by atoms with E-state index in [4.69, 9.17) is 16.3 Å². The maximum absolute atomic E-state index is 9.95. The minimum Gasteiger partial charge on any atom is -0.504 e. The Morgan fingerprint density at radius 3 is 2.95 bits per heavy atom. The number of nitrogens with zero attached hydrogens (tertiary/aromatic N) is 1. The molecule has 0 spiro atoms. The third-order valence-corrected chi connectivity index (χ3v) is 3.72. The van der Waals surface area contributed by atoms with Crippen LogP contribution < -0.4 is 10.1 Å². The number of aromatic hydroxyl groups is 1. The van der Waals surface area contributed by atoms with E-state index < -0.39 is 0 Å². The second kappa shape index (κ2) is 6.12. The van der Waals surface area contributed by atoms with Crippen LogP contribution in [0.4, 0.5) is 5.69 Å². The highest BCUT2D eigenvalue weighted by atomic mass is 79.9. The van der Waals surface area contributed by atoms with Crippen molar-refractivity contribution in [1.82, 2.24) is 4.98 Å². The molecule has 0 bridgehead atoms. The van der Waals surface area contributed by atoms with Gasteiger partial charge in [0.1, 0.15) is 5.15 Å². The fourth-order valence-electron chi connectivity index (χ4n) is 1.59. The van der Waals surface area contributed by atoms with Crippen LogP contribution in [0.2, 0.25) is 5.15 Å². The van der Waals surface area contributed by atoms with E-state index in [9.17, 15) is 5.11 Å². The first-order valence-electron chi connectivity index (χ1n) is 5.51. The Kier molecular flexibility index (Phi) is 4.50. The van der Waals surface area contributed by atoms with Crippen molar-refractivity contribution in [3.05, 3.63) is 45.7 Å². The topological polar surface area (TPSA) is 54.4 Å². The third kappa shape index (κ3) is 3.30. The Balaban J connectivity index is 2.12. The van der Waals surface area contributed by atoms with Crippen molar-refractivity contribution in [2.24, 2.45) is 0 Å². The van der Waals surface area contributed by atoms with E-state index in [1.165, 1.54) is 7.11 Å². The number of pyridine rings is 1. The normalized spacial score (nSPS) is 10.3. The van der Waals surface area contributed by atoms with Crippen LogP contribution in [0.15, 0.2) is 34.9 Å². The van der Waals surface area contributed by atoms with Crippen LogP contribution in [-0.4, -0.2) is 17.2 Å². The van der Waals surface area contributed by atoms with Crippen LogP contribution >= 0.6 is 27.5 Å². The van der Waals surface area contributed by atoms with Crippen LogP contribution in [0, 0.1) is 0 Å². The molecule has 0 saturated heterocycles. The fraction of sp³-hybridized carbons (Fsp3) is 0.154. The van der Waals surface area contributed by atoms with Gasteiger partial charge in [-0.3, -0.25) is 0 Å². The first kappa shape index (κ1) is 14.0. The minimum atomic E-state index is 0.137. The van der Waals surface area contributed by atoms with Crippen LogP contribution in [0.5, 0.6) is 11.5 Å². The summed E-state index contributed by atoms with van der Waals surface area (Å²) in [5.74, 6) is 0.591. The monoisotopic (exact) mass is 342 g/mol. The lowest BCUT2D eigenvalue weighted by atomic mass is 10.2. The number of halogens is 2. The number of para-hydroxylation sites is 1. The molecule has 2 N–H and O–H groups in total. The van der Waals surface area contributed by atoms with Crippen LogP contribution in [-0.2, 0) is 6.54 Å². The highest BCUT2D eigenvalue weighted by molar-refractivity contribution is 9.10. The first-order valence-corrected chi connectivity index (χ1v) is 6.68. The number of phenols is 1. The molecule has 1 heterocycles. The van der Waals surface area contributed by atoms with E-state index in [-0.39, 0.29) is 5.75 Å². The number of hydrogen-bond donors (Lipinski definition) is 2. The lowest BCUT2D eigenvalue weighted by Crippen LogP contribution is -2.01. The van der Waals surface area contributed by atoms with Crippen molar-refractivity contribution in [3.63, 3.8) is 0 Å². The van der Waals surface area contributed by atoms with Crippen molar-refractivity contribution in [3.8, 4) is 11.5 Å². The fourth-order valence-corrected chi connectivity index (χ4v) is 2.04. The molecular weight excluding hydrogens is 332 g/mol. The number of anilines is 1. The summed E-state index contributed by atoms with van der Waals surface area (Å²) in [6.07, 6.45) is 1.63. The summed E-state index contributed by atoms with van der Waals surface area (Å²) in [5.41, 5.74) is 1.55. The van der Waals surface area contributed by atoms with Gasteiger partial charge in [-0.25, -0.2) is 4.98 Å². The molecular formula is C13H12BrClN2O2. The number of hydrogen-bond acceptors (Lipinski definition) is 4. The average Bonchev–Trinajstić information content (AvgIpc) is 2.41. The maximum atomic E-state index is 9.95. The van der Waals surface area contributed by atoms with E-state index in [1.54, 1.807) is 12.3 Å². The van der Waals surface area contributed by atoms with Gasteiger partial charge in [0.2, 0.25) is 0 Å². The van der Waals surface area contributed by atoms with Crippen LogP contribution in [0.25, 0.3) is 0 Å². The number of rotatable bonds is 4. The molecule has 1 aromatic heterocycles. The summed E-state index contributed by atoms with van der Waals surface area (Å²) < 4.78 is 5.77. The van der Waals surface area contributed by atoms with E-state index in [0.717, 1.165) is 11.3 Å². The molecule has 100 valence electrons. The predicted molar refractivity (Wildman–Crippen MR) is 78.9 cm³/mol. The van der Waals surface area contributed by atoms with Gasteiger partial charge in [0.25, 0.3) is 0 Å². The number of benzene rings is 1. The van der Waals surface area contributed by atoms with Gasteiger partial charge in [0.05, 0.1) is 23.5 Å². The highest BCUT2D eigenvalue weighted by Gasteiger charge is 2.07. The molecule has 0 saturated carbocycles. The van der Waals surface area contributed by atoms with Crippen molar-refractivity contribution in [2.45, 2.75) is 6.54 Å². The zero-order valence-corrected chi connectivity index (χ0v) is 12.5. The number of methoxy groups -OCH3 is 1. The maximum Gasteiger partial charge on any atom is 0.162 e. The number of nitrogens with one attached hydrogen (secondary N) is 1. The predicted octanol–water partition coefficient (Wildman–Crippen LogP) is 3.82. The zero-order valence-electron chi connectivity index (χ0n) is 10.2. The standard InChI is InChI=1S/C13H12BrClN2O2/c1-19-11-4-2-3-8(12(11)18)6-16-9-5-10(14)13(15)17-7-9/h2-5,7,16,18H,6H2,1H3. The molecule has 2 rings (SSSR count). The van der Waals surface area contributed by atoms with Gasteiger partial charge in [0.15, 0.2) is 11.5 Å². The third-order valence-electron chi connectivity index (χ3n) is 2.58. The second-order valence-corrected chi connectivity index (χ2v) is 5.03. The SMILES string of the molecule is COc1cccc(CNc2cnc(Cl)c(Br)c2)c1O. The largest absolute Gasteiger partial charge is 0.504 e. The molecule has 0 fully saturated rings. The van der Waals surface area contributed by atoms with Gasteiger partial charge in [-0.05, 0) is 28.1 Å². The second-order valence-electron chi connectivity index (χ2n) is 3.82. The molecule has 6 heteroatoms. The summed E-state index contributed by atoms with van der Waals surface area (Å²) in [6, 6.07) is 7.18. The summed E-state index contributed by atoms with van der Waals surface area (Å²) in [4.78, 5) is 4.02. The van der Waals surface area contributed by atoms with E-state index in [0.29, 0.717) is 21.9 Å². The van der Waals surface area contributed by atoms with Crippen molar-refractivity contribution in [1.29, 1.82) is 0 Å². The molecule has 0 aliphatic rings. The molecule has 0 aliphatic heterocycles. The minimum absolute atomic E-state index is 0.137. The molecule has 0 unspecified atom stereocenters. The lowest BCUT2D eigenvalue weighted by Gasteiger charge is -2.10. The quantitative estimate of drug-likeness (QED) is 0.829. The summed E-state index contributed by atoms with van der Waals surface area (Å²) >= 11 is 9.13. The molecule has 0 atom stereocenters. The van der Waals surface area contributed by atoms with Crippen LogP contribution in [0.3, 0.4) is 0 Å². The van der Waals surface area contributed by atoms with Gasteiger partial charge in [-0.15, -0.1) is 0 Å². The number of aromatic nitrogens is 1. The Morgan fingerprint density at radius 2 is 2.26 bits per heavy atom. The Hall–Kier alpha value is -1.46. The molecule has 1 aromatic carbocycles. The summed E-state index contributed by atoms with van der Waals surface area (Å²) in [6.45, 7) is 0.457. The number of phenolic OH excluding ortho intramolecular Hbond substituents is 1. The van der Waals surface area contributed by atoms with E-state index in [1.807, 2.05) is 18.2 Å². The van der Waals surface area contributed by atoms with Gasteiger partial charge in [0, 0.05) is 12.1 Å². The Bertz CT molecular complexity index is 593. The first-order chi connectivity index (χ1) is 9.11. The molecule has 4 nitrogen and oxygen atoms in total. The highest BCUT2D eigenvalue weighted by Crippen LogP contribution is 2.30. The average molecular weight is 344 g/mol. The van der Waals surface area contributed by atoms with Crippen molar-refractivity contribution < 1.29 is 9.84 Å². The van der Waals surface area contributed by atoms with E-state index in [2.05, 4.69) is 26.2 Å². The van der Waals surface area contributed by atoms with Crippen LogP contribution in [0.1, 0.15) is 5.56 Å². The van der Waals surface area contributed by atoms with E-state index >= 15 is 0 Å². The Labute approximate surface area is 124 Å². The molecule has 0 amide bonds. The van der Waals surface area contributed by atoms with Gasteiger partial charge in [-0.2, -0.15) is 0 Å². The molecule has 0 aliphatic carbocycles. The molecule has 0 radical (unpaired) electrons. The smallest absolute Gasteiger partial charge is 0.162 e. The van der Waals surface area contributed by atoms with Crippen molar-refractivity contribution in [2.75, 3.05) is 12.4 Å². The van der Waals surface area contributed by atoms with Gasteiger partial charge >= 0.3 is 0 Å². The number of ether oxygens (including phenoxy) is 1. The van der Waals surface area contributed by atoms with Gasteiger partial charge < -0.3 is 15.2 Å². The summed E-state index contributed by atoms with van der Waals surface area (Å²) in [5, 5.41) is 13.5. The lowest BCUT2D eigenvalue weighted by molar-refractivity contribution is 0.371.